The molecule has 64 valence electrons. The average molecular weight is 178 g/mol. The van der Waals surface area contributed by atoms with E-state index in [1.54, 1.807) is 0 Å². The van der Waals surface area contributed by atoms with E-state index >= 15 is 0 Å². The summed E-state index contributed by atoms with van der Waals surface area (Å²) in [6.45, 7) is 0. The van der Waals surface area contributed by atoms with E-state index < -0.39 is 17.8 Å². The highest BCUT2D eigenvalue weighted by Gasteiger charge is 2.28. The Kier molecular flexibility index (Phi) is 1.38. The molecule has 0 spiro atoms. The van der Waals surface area contributed by atoms with E-state index in [1.165, 1.54) is 0 Å². The fourth-order valence-electron chi connectivity index (χ4n) is 0.881. The van der Waals surface area contributed by atoms with Gasteiger partial charge in [-0.15, -0.1) is 0 Å². The summed E-state index contributed by atoms with van der Waals surface area (Å²) in [4.78, 5) is 42.6. The Morgan fingerprint density at radius 1 is 1.15 bits per heavy atom. The normalized spacial score (nSPS) is 20.5. The van der Waals surface area contributed by atoms with Crippen molar-refractivity contribution in [3.8, 4) is 0 Å². The van der Waals surface area contributed by atoms with E-state index in [-0.39, 0.29) is 11.5 Å². The van der Waals surface area contributed by atoms with Crippen LogP contribution in [0.3, 0.4) is 0 Å². The Hall–Kier alpha value is -2.18. The number of hydrogen-bond donors (Lipinski definition) is 1. The Morgan fingerprint density at radius 2 is 1.92 bits per heavy atom. The third-order valence-corrected chi connectivity index (χ3v) is 1.37. The van der Waals surface area contributed by atoms with Crippen molar-refractivity contribution in [1.29, 1.82) is 0 Å². The zero-order valence-electron chi connectivity index (χ0n) is 6.14. The fraction of sp³-hybridized carbons (Fsp3) is 0. The van der Waals surface area contributed by atoms with Crippen LogP contribution in [0, 0.1) is 0 Å². The molecule has 0 fully saturated rings. The van der Waals surface area contributed by atoms with Crippen molar-refractivity contribution in [2.45, 2.75) is 0 Å². The minimum atomic E-state index is -0.801. The lowest BCUT2D eigenvalue weighted by Gasteiger charge is -2.11. The molecule has 0 aliphatic carbocycles. The van der Waals surface area contributed by atoms with Gasteiger partial charge in [-0.05, 0) is 0 Å². The van der Waals surface area contributed by atoms with Gasteiger partial charge in [0.1, 0.15) is 0 Å². The molecule has 0 radical (unpaired) electrons. The molecule has 4 amide bonds. The van der Waals surface area contributed by atoms with E-state index in [0.717, 1.165) is 6.21 Å². The number of carbonyl (C=O) groups is 3. The van der Waals surface area contributed by atoms with E-state index in [9.17, 15) is 14.4 Å². The van der Waals surface area contributed by atoms with Gasteiger partial charge >= 0.3 is 6.03 Å². The monoisotopic (exact) mass is 178 g/mol. The van der Waals surface area contributed by atoms with Crippen LogP contribution in [0.5, 0.6) is 0 Å². The molecule has 0 atom stereocenters. The second kappa shape index (κ2) is 2.41. The lowest BCUT2D eigenvalue weighted by atomic mass is 10.2. The second-order valence-electron chi connectivity index (χ2n) is 2.25. The molecule has 2 aliphatic rings. The molecule has 7 heteroatoms. The van der Waals surface area contributed by atoms with Crippen molar-refractivity contribution >= 4 is 35.6 Å². The predicted molar refractivity (Wildman–Crippen MR) is 41.9 cm³/mol. The van der Waals surface area contributed by atoms with Gasteiger partial charge in [0.25, 0.3) is 11.8 Å². The van der Waals surface area contributed by atoms with Gasteiger partial charge in [-0.3, -0.25) is 14.9 Å². The Bertz CT molecular complexity index is 418. The average Bonchev–Trinajstić information content (AvgIpc) is 2.06. The summed E-state index contributed by atoms with van der Waals surface area (Å²) in [7, 11) is 0. The minimum absolute atomic E-state index is 0.117. The van der Waals surface area contributed by atoms with Crippen LogP contribution in [0.4, 0.5) is 4.79 Å². The molecule has 2 heterocycles. The molecule has 0 saturated carbocycles. The van der Waals surface area contributed by atoms with Gasteiger partial charge in [-0.2, -0.15) is 9.98 Å². The van der Waals surface area contributed by atoms with Gasteiger partial charge in [-0.25, -0.2) is 9.79 Å². The summed E-state index contributed by atoms with van der Waals surface area (Å²) in [5.74, 6) is -1.51. The summed E-state index contributed by atoms with van der Waals surface area (Å²) in [5.41, 5.74) is -0.216. The number of amides is 4. The van der Waals surface area contributed by atoms with Crippen molar-refractivity contribution in [2.75, 3.05) is 0 Å². The van der Waals surface area contributed by atoms with Crippen molar-refractivity contribution in [3.63, 3.8) is 0 Å². The maximum Gasteiger partial charge on any atom is 0.350 e. The number of urea groups is 1. The van der Waals surface area contributed by atoms with E-state index in [1.807, 2.05) is 5.32 Å². The Labute approximate surface area is 71.3 Å². The third kappa shape index (κ3) is 1.15. The van der Waals surface area contributed by atoms with Crippen LogP contribution in [0.25, 0.3) is 0 Å². The standard InChI is InChI=1S/C6H2N4O3/c11-2-1-7-4-3(8-2)5(12)10-6(13)9-4/h1H,(H,10,12,13). The highest BCUT2D eigenvalue weighted by Crippen LogP contribution is 2.00. The first-order chi connectivity index (χ1) is 6.16. The zero-order valence-corrected chi connectivity index (χ0v) is 6.14. The highest BCUT2D eigenvalue weighted by molar-refractivity contribution is 6.72. The van der Waals surface area contributed by atoms with Crippen LogP contribution < -0.4 is 5.32 Å². The van der Waals surface area contributed by atoms with Crippen LogP contribution in [0.15, 0.2) is 15.0 Å². The van der Waals surface area contributed by atoms with Crippen molar-refractivity contribution < 1.29 is 14.4 Å². The number of carbonyl (C=O) groups excluding carboxylic acids is 3. The summed E-state index contributed by atoms with van der Waals surface area (Å²) < 4.78 is 0. The van der Waals surface area contributed by atoms with Crippen LogP contribution in [-0.4, -0.2) is 35.6 Å². The quantitative estimate of drug-likeness (QED) is 0.498. The largest absolute Gasteiger partial charge is 0.350 e. The van der Waals surface area contributed by atoms with Gasteiger partial charge in [0, 0.05) is 0 Å². The molecular weight excluding hydrogens is 176 g/mol. The summed E-state index contributed by atoms with van der Waals surface area (Å²) >= 11 is 0. The molecule has 2 rings (SSSR count). The smallest absolute Gasteiger partial charge is 0.271 e. The van der Waals surface area contributed by atoms with Gasteiger partial charge in [0.2, 0.25) is 0 Å². The number of amidine groups is 1. The lowest BCUT2D eigenvalue weighted by Crippen LogP contribution is -2.44. The van der Waals surface area contributed by atoms with E-state index in [2.05, 4.69) is 15.0 Å². The molecule has 13 heavy (non-hydrogen) atoms. The number of aliphatic imine (C=N–C) groups is 3. The van der Waals surface area contributed by atoms with Crippen LogP contribution in [0.2, 0.25) is 0 Å². The first-order valence-corrected chi connectivity index (χ1v) is 3.28. The highest BCUT2D eigenvalue weighted by atomic mass is 16.2. The number of fused-ring (bicyclic) bond motifs is 1. The van der Waals surface area contributed by atoms with Crippen LogP contribution in [0.1, 0.15) is 0 Å². The van der Waals surface area contributed by atoms with Gasteiger partial charge < -0.3 is 0 Å². The first-order valence-electron chi connectivity index (χ1n) is 3.28. The molecule has 1 N–H and O–H groups in total. The molecular formula is C6H2N4O3. The number of imide groups is 1. The summed E-state index contributed by atoms with van der Waals surface area (Å²) in [6.07, 6.45) is 0.897. The summed E-state index contributed by atoms with van der Waals surface area (Å²) in [6, 6.07) is -0.801. The fourth-order valence-corrected chi connectivity index (χ4v) is 0.881. The van der Waals surface area contributed by atoms with Gasteiger partial charge in [-0.1, -0.05) is 0 Å². The van der Waals surface area contributed by atoms with E-state index in [4.69, 9.17) is 0 Å². The second-order valence-corrected chi connectivity index (χ2v) is 2.25. The molecule has 0 saturated heterocycles. The van der Waals surface area contributed by atoms with Gasteiger partial charge in [0.15, 0.2) is 11.5 Å². The van der Waals surface area contributed by atoms with Crippen molar-refractivity contribution in [1.82, 2.24) is 5.32 Å². The maximum absolute atomic E-state index is 11.0. The third-order valence-electron chi connectivity index (χ3n) is 1.37. The summed E-state index contributed by atoms with van der Waals surface area (Å²) in [5, 5.41) is 1.88. The predicted octanol–water partition coefficient (Wildman–Crippen LogP) is -1.31. The van der Waals surface area contributed by atoms with E-state index in [0.29, 0.717) is 0 Å². The minimum Gasteiger partial charge on any atom is -0.271 e. The van der Waals surface area contributed by atoms with Crippen LogP contribution >= 0.6 is 0 Å². The SMILES string of the molecule is O=C1C=NC2=NC(=O)NC(=O)C2=N1. The molecule has 0 unspecified atom stereocenters. The first kappa shape index (κ1) is 7.47. The molecule has 7 nitrogen and oxygen atoms in total. The number of hydrogen-bond acceptors (Lipinski definition) is 4. The molecule has 0 aromatic heterocycles. The van der Waals surface area contributed by atoms with Gasteiger partial charge in [0.05, 0.1) is 6.21 Å². The topological polar surface area (TPSA) is 100 Å². The number of nitrogens with one attached hydrogen (secondary N) is 1. The van der Waals surface area contributed by atoms with Crippen molar-refractivity contribution in [3.05, 3.63) is 0 Å². The van der Waals surface area contributed by atoms with Crippen molar-refractivity contribution in [2.24, 2.45) is 15.0 Å². The number of nitrogens with zero attached hydrogens (tertiary/aromatic N) is 3. The molecule has 0 aromatic rings. The maximum atomic E-state index is 11.0. The lowest BCUT2D eigenvalue weighted by molar-refractivity contribution is -0.115. The molecule has 2 aliphatic heterocycles. The molecule has 0 aromatic carbocycles. The Morgan fingerprint density at radius 3 is 2.69 bits per heavy atom. The number of rotatable bonds is 0. The Balaban J connectivity index is 2.53. The zero-order chi connectivity index (χ0) is 9.42. The molecule has 0 bridgehead atoms. The van der Waals surface area contributed by atoms with Crippen LogP contribution in [-0.2, 0) is 9.59 Å².